The van der Waals surface area contributed by atoms with Gasteiger partial charge in [-0.15, -0.1) is 0 Å². The maximum atomic E-state index is 12.8. The highest BCUT2D eigenvalue weighted by atomic mass is 16.5. The Hall–Kier alpha value is -4.91. The van der Waals surface area contributed by atoms with Crippen molar-refractivity contribution in [3.05, 3.63) is 78.4 Å². The van der Waals surface area contributed by atoms with E-state index in [1.807, 2.05) is 18.2 Å². The number of ether oxygens (including phenoxy) is 1. The smallest absolute Gasteiger partial charge is 0.321 e. The Morgan fingerprint density at radius 3 is 2.91 bits per heavy atom. The number of rotatable bonds is 2. The number of fused-ring (bicyclic) bond motifs is 2. The van der Waals surface area contributed by atoms with Crippen LogP contribution in [0, 0.1) is 11.8 Å². The number of nitrogens with zero attached hydrogens (tertiary/aromatic N) is 5. The summed E-state index contributed by atoms with van der Waals surface area (Å²) in [6.45, 7) is 0.0138. The highest BCUT2D eigenvalue weighted by Gasteiger charge is 2.30. The fourth-order valence-electron chi connectivity index (χ4n) is 3.49. The second-order valence-corrected chi connectivity index (χ2v) is 7.44. The predicted octanol–water partition coefficient (Wildman–Crippen LogP) is 2.07. The fourth-order valence-corrected chi connectivity index (χ4v) is 3.49. The molecule has 2 N–H and O–H groups in total. The summed E-state index contributed by atoms with van der Waals surface area (Å²) >= 11 is 0. The summed E-state index contributed by atoms with van der Waals surface area (Å²) in [4.78, 5) is 35.3. The van der Waals surface area contributed by atoms with E-state index in [0.717, 1.165) is 0 Å². The number of anilines is 2. The van der Waals surface area contributed by atoms with Crippen molar-refractivity contribution in [1.29, 1.82) is 0 Å². The molecule has 0 saturated carbocycles. The molecule has 3 amide bonds. The van der Waals surface area contributed by atoms with Gasteiger partial charge in [0.15, 0.2) is 5.65 Å². The summed E-state index contributed by atoms with van der Waals surface area (Å²) in [5.41, 5.74) is 2.62. The molecule has 1 atom stereocenters. The molecule has 0 aliphatic carbocycles. The number of carbonyl (C=O) groups excluding carboxylic acids is 2. The van der Waals surface area contributed by atoms with Crippen LogP contribution in [0.1, 0.15) is 11.3 Å². The molecular formula is C24H19N7O3. The number of pyridine rings is 1. The number of carbonyl (C=O) groups is 2. The summed E-state index contributed by atoms with van der Waals surface area (Å²) in [6, 6.07) is 12.8. The van der Waals surface area contributed by atoms with Crippen molar-refractivity contribution in [3.8, 4) is 17.6 Å². The van der Waals surface area contributed by atoms with E-state index < -0.39 is 12.1 Å². The van der Waals surface area contributed by atoms with Gasteiger partial charge >= 0.3 is 6.03 Å². The van der Waals surface area contributed by atoms with Gasteiger partial charge in [0.2, 0.25) is 0 Å². The zero-order valence-electron chi connectivity index (χ0n) is 18.1. The van der Waals surface area contributed by atoms with Crippen molar-refractivity contribution in [2.45, 2.75) is 6.04 Å². The molecular weight excluding hydrogens is 434 g/mol. The monoisotopic (exact) mass is 453 g/mol. The normalized spacial score (nSPS) is 14.9. The Morgan fingerprint density at radius 1 is 1.12 bits per heavy atom. The van der Waals surface area contributed by atoms with E-state index in [1.165, 1.54) is 11.1 Å². The van der Waals surface area contributed by atoms with Gasteiger partial charge in [0, 0.05) is 25.0 Å². The van der Waals surface area contributed by atoms with Crippen molar-refractivity contribution in [2.24, 2.45) is 0 Å². The summed E-state index contributed by atoms with van der Waals surface area (Å²) in [7, 11) is 1.64. The third-order valence-corrected chi connectivity index (χ3v) is 5.18. The molecule has 0 spiro atoms. The van der Waals surface area contributed by atoms with E-state index in [-0.39, 0.29) is 12.5 Å². The molecule has 0 radical (unpaired) electrons. The molecule has 1 aromatic carbocycles. The highest BCUT2D eigenvalue weighted by molar-refractivity contribution is 6.01. The molecule has 4 heterocycles. The molecule has 5 rings (SSSR count). The lowest BCUT2D eigenvalue weighted by atomic mass is 10.2. The molecule has 10 heteroatoms. The minimum atomic E-state index is -0.858. The summed E-state index contributed by atoms with van der Waals surface area (Å²) in [5.74, 6) is 6.63. The van der Waals surface area contributed by atoms with E-state index in [0.29, 0.717) is 34.2 Å². The van der Waals surface area contributed by atoms with E-state index in [2.05, 4.69) is 37.5 Å². The Morgan fingerprint density at radius 2 is 2.00 bits per heavy atom. The molecule has 3 aromatic heterocycles. The number of imidazole rings is 1. The van der Waals surface area contributed by atoms with Crippen LogP contribution in [0.25, 0.3) is 5.65 Å². The lowest BCUT2D eigenvalue weighted by Crippen LogP contribution is -2.50. The van der Waals surface area contributed by atoms with Crippen LogP contribution in [0.2, 0.25) is 0 Å². The van der Waals surface area contributed by atoms with Gasteiger partial charge in [0.25, 0.3) is 5.91 Å². The number of hydrogen-bond acceptors (Lipinski definition) is 6. The number of likely N-dealkylation sites (N-methyl/N-ethyl adjacent to an activating group) is 1. The summed E-state index contributed by atoms with van der Waals surface area (Å²) in [5, 5.41) is 9.53. The molecule has 0 unspecified atom stereocenters. The number of hydrogen-bond donors (Lipinski definition) is 2. The van der Waals surface area contributed by atoms with Crippen molar-refractivity contribution in [1.82, 2.24) is 24.9 Å². The number of aromatic nitrogens is 4. The summed E-state index contributed by atoms with van der Waals surface area (Å²) in [6.07, 6.45) is 4.84. The summed E-state index contributed by atoms with van der Waals surface area (Å²) < 4.78 is 7.36. The van der Waals surface area contributed by atoms with Gasteiger partial charge in [-0.3, -0.25) is 10.1 Å². The number of amides is 3. The standard InChI is InChI=1S/C24H19N7O3/c1-30-19-5-2-3-6-20(19)34-15-18(23(30)32)28-24(33)29-21-13-16(10-12-25-21)8-9-17-14-26-22-7-4-11-27-31(17)22/h2-7,10-14,18H,15H2,1H3,(H2,25,28,29,33)/t18-/m1/s1. The third-order valence-electron chi connectivity index (χ3n) is 5.18. The molecule has 10 nitrogen and oxygen atoms in total. The van der Waals surface area contributed by atoms with Gasteiger partial charge < -0.3 is 15.0 Å². The number of nitrogens with one attached hydrogen (secondary N) is 2. The van der Waals surface area contributed by atoms with Crippen LogP contribution in [0.3, 0.4) is 0 Å². The van der Waals surface area contributed by atoms with Gasteiger partial charge in [-0.2, -0.15) is 5.10 Å². The van der Waals surface area contributed by atoms with Crippen molar-refractivity contribution < 1.29 is 14.3 Å². The number of para-hydroxylation sites is 2. The Labute approximate surface area is 194 Å². The van der Waals surface area contributed by atoms with Gasteiger partial charge in [-0.05, 0) is 42.3 Å². The Bertz CT molecular complexity index is 1450. The minimum absolute atomic E-state index is 0.0138. The molecule has 0 bridgehead atoms. The van der Waals surface area contributed by atoms with Crippen molar-refractivity contribution in [3.63, 3.8) is 0 Å². The number of benzene rings is 1. The molecule has 0 saturated heterocycles. The van der Waals surface area contributed by atoms with Crippen molar-refractivity contribution >= 4 is 29.1 Å². The van der Waals surface area contributed by atoms with Crippen molar-refractivity contribution in [2.75, 3.05) is 23.9 Å². The molecule has 4 aromatic rings. The molecule has 1 aliphatic heterocycles. The second kappa shape index (κ2) is 8.91. The van der Waals surface area contributed by atoms with Gasteiger partial charge in [0.1, 0.15) is 29.9 Å². The predicted molar refractivity (Wildman–Crippen MR) is 124 cm³/mol. The topological polar surface area (TPSA) is 114 Å². The van der Waals surface area contributed by atoms with E-state index in [4.69, 9.17) is 4.74 Å². The lowest BCUT2D eigenvalue weighted by molar-refractivity contribution is -0.120. The zero-order valence-corrected chi connectivity index (χ0v) is 18.1. The maximum Gasteiger partial charge on any atom is 0.321 e. The molecule has 168 valence electrons. The SMILES string of the molecule is CN1C(=O)[C@H](NC(=O)Nc2cc(C#Cc3cnc4cccnn34)ccn2)COc2ccccc21. The average molecular weight is 453 g/mol. The van der Waals surface area contributed by atoms with Gasteiger partial charge in [-0.25, -0.2) is 19.3 Å². The van der Waals surface area contributed by atoms with E-state index in [9.17, 15) is 9.59 Å². The second-order valence-electron chi connectivity index (χ2n) is 7.44. The molecule has 1 aliphatic rings. The Balaban J connectivity index is 1.26. The first-order valence-corrected chi connectivity index (χ1v) is 10.4. The first kappa shape index (κ1) is 21.0. The van der Waals surface area contributed by atoms with Gasteiger partial charge in [-0.1, -0.05) is 18.1 Å². The maximum absolute atomic E-state index is 12.8. The van der Waals surface area contributed by atoms with E-state index in [1.54, 1.807) is 54.3 Å². The molecule has 34 heavy (non-hydrogen) atoms. The van der Waals surface area contributed by atoms with Crippen LogP contribution >= 0.6 is 0 Å². The minimum Gasteiger partial charge on any atom is -0.489 e. The third kappa shape index (κ3) is 4.22. The Kier molecular flexibility index (Phi) is 5.50. The first-order valence-electron chi connectivity index (χ1n) is 10.4. The van der Waals surface area contributed by atoms with Crippen LogP contribution in [0.15, 0.2) is 67.1 Å². The van der Waals surface area contributed by atoms with Gasteiger partial charge in [0.05, 0.1) is 11.9 Å². The van der Waals surface area contributed by atoms with Crippen LogP contribution in [0.5, 0.6) is 5.75 Å². The number of urea groups is 1. The quantitative estimate of drug-likeness (QED) is 0.449. The van der Waals surface area contributed by atoms with Crippen LogP contribution in [-0.4, -0.2) is 51.2 Å². The van der Waals surface area contributed by atoms with E-state index >= 15 is 0 Å². The van der Waals surface area contributed by atoms with Crippen LogP contribution < -0.4 is 20.3 Å². The zero-order chi connectivity index (χ0) is 23.5. The highest BCUT2D eigenvalue weighted by Crippen LogP contribution is 2.29. The lowest BCUT2D eigenvalue weighted by Gasteiger charge is -2.20. The largest absolute Gasteiger partial charge is 0.489 e. The van der Waals surface area contributed by atoms with Crippen LogP contribution in [-0.2, 0) is 4.79 Å². The first-order chi connectivity index (χ1) is 16.6. The van der Waals surface area contributed by atoms with Crippen LogP contribution in [0.4, 0.5) is 16.3 Å². The molecule has 0 fully saturated rings. The average Bonchev–Trinajstić information content (AvgIpc) is 3.23. The fraction of sp³-hybridized carbons (Fsp3) is 0.125.